The molecule has 0 aliphatic heterocycles. The topological polar surface area (TPSA) is 29.9 Å². The van der Waals surface area contributed by atoms with Crippen molar-refractivity contribution in [2.24, 2.45) is 0 Å². The van der Waals surface area contributed by atoms with Crippen molar-refractivity contribution in [2.75, 3.05) is 0 Å². The first-order valence-corrected chi connectivity index (χ1v) is 9.19. The molecule has 27 heavy (non-hydrogen) atoms. The van der Waals surface area contributed by atoms with Gasteiger partial charge in [-0.15, -0.1) is 0 Å². The van der Waals surface area contributed by atoms with Crippen LogP contribution < -0.4 is 5.32 Å². The first kappa shape index (κ1) is 17.7. The molecule has 3 nitrogen and oxygen atoms in total. The third-order valence-corrected chi connectivity index (χ3v) is 4.97. The average molecular weight is 380 g/mol. The lowest BCUT2D eigenvalue weighted by Gasteiger charge is -2.07. The van der Waals surface area contributed by atoms with E-state index in [0.717, 1.165) is 24.2 Å². The van der Waals surface area contributed by atoms with Gasteiger partial charge in [-0.05, 0) is 47.0 Å². The maximum absolute atomic E-state index is 13.3. The average Bonchev–Trinajstić information content (AvgIpc) is 3.03. The highest BCUT2D eigenvalue weighted by molar-refractivity contribution is 6.31. The summed E-state index contributed by atoms with van der Waals surface area (Å²) >= 11 is 6.22. The van der Waals surface area contributed by atoms with E-state index in [1.54, 1.807) is 18.5 Å². The quantitative estimate of drug-likeness (QED) is 0.501. The fourth-order valence-corrected chi connectivity index (χ4v) is 3.50. The monoisotopic (exact) mass is 379 g/mol. The summed E-state index contributed by atoms with van der Waals surface area (Å²) < 4.78 is 15.5. The number of nitrogens with one attached hydrogen (secondary N) is 1. The van der Waals surface area contributed by atoms with E-state index >= 15 is 0 Å². The van der Waals surface area contributed by atoms with Gasteiger partial charge in [-0.2, -0.15) is 0 Å². The van der Waals surface area contributed by atoms with E-state index in [-0.39, 0.29) is 5.82 Å². The van der Waals surface area contributed by atoms with Gasteiger partial charge < -0.3 is 9.88 Å². The maximum Gasteiger partial charge on any atom is 0.124 e. The van der Waals surface area contributed by atoms with Crippen molar-refractivity contribution < 1.29 is 4.39 Å². The predicted octanol–water partition coefficient (Wildman–Crippen LogP) is 5.17. The van der Waals surface area contributed by atoms with E-state index < -0.39 is 0 Å². The first-order valence-electron chi connectivity index (χ1n) is 8.81. The van der Waals surface area contributed by atoms with Gasteiger partial charge in [0.25, 0.3) is 0 Å². The van der Waals surface area contributed by atoms with E-state index in [1.807, 2.05) is 24.3 Å². The van der Waals surface area contributed by atoms with E-state index in [1.165, 1.54) is 28.6 Å². The zero-order valence-electron chi connectivity index (χ0n) is 14.7. The number of hydrogen-bond donors (Lipinski definition) is 1. The van der Waals surface area contributed by atoms with Crippen LogP contribution in [-0.2, 0) is 19.6 Å². The zero-order chi connectivity index (χ0) is 18.6. The summed E-state index contributed by atoms with van der Waals surface area (Å²) in [7, 11) is 0. The molecule has 5 heteroatoms. The number of hydrogen-bond acceptors (Lipinski definition) is 2. The maximum atomic E-state index is 13.3. The zero-order valence-corrected chi connectivity index (χ0v) is 15.5. The molecule has 2 aromatic heterocycles. The molecule has 0 saturated carbocycles. The lowest BCUT2D eigenvalue weighted by molar-refractivity contribution is 0.626. The summed E-state index contributed by atoms with van der Waals surface area (Å²) in [6, 6.07) is 16.9. The molecule has 0 unspecified atom stereocenters. The minimum Gasteiger partial charge on any atom is -0.343 e. The van der Waals surface area contributed by atoms with Crippen LogP contribution in [-0.4, -0.2) is 9.55 Å². The number of pyridine rings is 1. The van der Waals surface area contributed by atoms with Crippen molar-refractivity contribution >= 4 is 22.5 Å². The van der Waals surface area contributed by atoms with Crippen LogP contribution in [0.2, 0.25) is 5.02 Å². The van der Waals surface area contributed by atoms with E-state index in [4.69, 9.17) is 11.6 Å². The molecule has 2 aromatic carbocycles. The van der Waals surface area contributed by atoms with Crippen molar-refractivity contribution in [3.8, 4) is 0 Å². The summed E-state index contributed by atoms with van der Waals surface area (Å²) in [6.07, 6.45) is 5.74. The highest BCUT2D eigenvalue weighted by Crippen LogP contribution is 2.25. The molecule has 0 aliphatic rings. The standard InChI is InChI=1S/C22H19ClFN3/c23-21-11-19(24)6-5-17(21)14-27-15-18(20-3-1-2-4-22(20)27)13-26-12-16-7-9-25-10-8-16/h1-11,15,26H,12-14H2. The molecule has 2 heterocycles. The normalized spacial score (nSPS) is 11.2. The van der Waals surface area contributed by atoms with Gasteiger partial charge >= 0.3 is 0 Å². The second-order valence-electron chi connectivity index (χ2n) is 6.49. The van der Waals surface area contributed by atoms with Crippen LogP contribution in [0.1, 0.15) is 16.7 Å². The van der Waals surface area contributed by atoms with Gasteiger partial charge in [-0.1, -0.05) is 35.9 Å². The molecule has 0 bridgehead atoms. The lowest BCUT2D eigenvalue weighted by atomic mass is 10.1. The van der Waals surface area contributed by atoms with E-state index in [2.05, 4.69) is 33.2 Å². The van der Waals surface area contributed by atoms with Crippen molar-refractivity contribution in [3.63, 3.8) is 0 Å². The highest BCUT2D eigenvalue weighted by atomic mass is 35.5. The molecular formula is C22H19ClFN3. The third kappa shape index (κ3) is 4.02. The number of benzene rings is 2. The number of fused-ring (bicyclic) bond motifs is 1. The van der Waals surface area contributed by atoms with Crippen molar-refractivity contribution in [2.45, 2.75) is 19.6 Å². The van der Waals surface area contributed by atoms with Crippen LogP contribution in [0.5, 0.6) is 0 Å². The van der Waals surface area contributed by atoms with Crippen molar-refractivity contribution in [1.29, 1.82) is 0 Å². The van der Waals surface area contributed by atoms with Crippen LogP contribution in [0, 0.1) is 5.82 Å². The lowest BCUT2D eigenvalue weighted by Crippen LogP contribution is -2.12. The van der Waals surface area contributed by atoms with Gasteiger partial charge in [0.15, 0.2) is 0 Å². The Morgan fingerprint density at radius 3 is 2.59 bits per heavy atom. The second kappa shape index (κ2) is 7.91. The van der Waals surface area contributed by atoms with Crippen LogP contribution in [0.15, 0.2) is 73.2 Å². The molecule has 4 aromatic rings. The van der Waals surface area contributed by atoms with Gasteiger partial charge in [0.2, 0.25) is 0 Å². The van der Waals surface area contributed by atoms with Crippen LogP contribution >= 0.6 is 11.6 Å². The first-order chi connectivity index (χ1) is 13.2. The Morgan fingerprint density at radius 1 is 0.963 bits per heavy atom. The SMILES string of the molecule is Fc1ccc(Cn2cc(CNCc3ccncc3)c3ccccc32)c(Cl)c1. The fraction of sp³-hybridized carbons (Fsp3) is 0.136. The van der Waals surface area contributed by atoms with Gasteiger partial charge in [0.05, 0.1) is 0 Å². The molecule has 4 rings (SSSR count). The minimum absolute atomic E-state index is 0.317. The molecule has 0 amide bonds. The number of rotatable bonds is 6. The summed E-state index contributed by atoms with van der Waals surface area (Å²) in [5.41, 5.74) is 4.46. The van der Waals surface area contributed by atoms with Crippen LogP contribution in [0.25, 0.3) is 10.9 Å². The Bertz CT molecular complexity index is 1060. The molecule has 0 spiro atoms. The molecule has 1 N–H and O–H groups in total. The smallest absolute Gasteiger partial charge is 0.124 e. The number of para-hydroxylation sites is 1. The van der Waals surface area contributed by atoms with Crippen molar-refractivity contribution in [3.05, 3.63) is 101 Å². The van der Waals surface area contributed by atoms with E-state index in [9.17, 15) is 4.39 Å². The molecule has 0 aliphatic carbocycles. The van der Waals surface area contributed by atoms with Gasteiger partial charge in [-0.3, -0.25) is 4.98 Å². The Balaban J connectivity index is 1.57. The summed E-state index contributed by atoms with van der Waals surface area (Å²) in [5, 5.41) is 5.15. The van der Waals surface area contributed by atoms with E-state index in [0.29, 0.717) is 11.6 Å². The second-order valence-corrected chi connectivity index (χ2v) is 6.90. The Hall–Kier alpha value is -2.69. The minimum atomic E-state index is -0.317. The third-order valence-electron chi connectivity index (χ3n) is 4.62. The molecule has 0 fully saturated rings. The van der Waals surface area contributed by atoms with Crippen LogP contribution in [0.3, 0.4) is 0 Å². The number of nitrogens with zero attached hydrogens (tertiary/aromatic N) is 2. The van der Waals surface area contributed by atoms with Crippen LogP contribution in [0.4, 0.5) is 4.39 Å². The van der Waals surface area contributed by atoms with Gasteiger partial charge in [-0.25, -0.2) is 4.39 Å². The summed E-state index contributed by atoms with van der Waals surface area (Å²) in [5.74, 6) is -0.317. The molecule has 0 atom stereocenters. The largest absolute Gasteiger partial charge is 0.343 e. The summed E-state index contributed by atoms with van der Waals surface area (Å²) in [4.78, 5) is 4.04. The predicted molar refractivity (Wildman–Crippen MR) is 107 cm³/mol. The Kier molecular flexibility index (Phi) is 5.19. The number of halogens is 2. The molecule has 0 radical (unpaired) electrons. The fourth-order valence-electron chi connectivity index (χ4n) is 3.27. The summed E-state index contributed by atoms with van der Waals surface area (Å²) in [6.45, 7) is 2.14. The number of aromatic nitrogens is 2. The van der Waals surface area contributed by atoms with Gasteiger partial charge in [0.1, 0.15) is 5.82 Å². The molecular weight excluding hydrogens is 361 g/mol. The Morgan fingerprint density at radius 2 is 1.78 bits per heavy atom. The van der Waals surface area contributed by atoms with Gasteiger partial charge in [0, 0.05) is 54.2 Å². The molecule has 0 saturated heterocycles. The Labute approximate surface area is 162 Å². The highest BCUT2D eigenvalue weighted by Gasteiger charge is 2.10. The van der Waals surface area contributed by atoms with Crippen molar-refractivity contribution in [1.82, 2.24) is 14.9 Å². The molecule has 136 valence electrons.